The number of thiophene rings is 1. The van der Waals surface area contributed by atoms with E-state index in [1.807, 2.05) is 48.2 Å². The predicted octanol–water partition coefficient (Wildman–Crippen LogP) is 4.39. The molecule has 4 aromatic heterocycles. The number of hydrogen-bond donors (Lipinski definition) is 0. The molecule has 6 nitrogen and oxygen atoms in total. The van der Waals surface area contributed by atoms with Gasteiger partial charge in [-0.2, -0.15) is 0 Å². The third-order valence-corrected chi connectivity index (χ3v) is 5.54. The van der Waals surface area contributed by atoms with Gasteiger partial charge in [0.15, 0.2) is 16.7 Å². The molecule has 0 aliphatic carbocycles. The Balaban J connectivity index is 1.49. The third-order valence-electron chi connectivity index (χ3n) is 3.61. The van der Waals surface area contributed by atoms with Crippen molar-refractivity contribution in [1.82, 2.24) is 19.9 Å². The number of thioether (sulfide) groups is 1. The lowest BCUT2D eigenvalue weighted by Crippen LogP contribution is -1.95. The monoisotopic (exact) mass is 358 g/mol. The van der Waals surface area contributed by atoms with Gasteiger partial charge in [-0.25, -0.2) is 0 Å². The van der Waals surface area contributed by atoms with E-state index in [-0.39, 0.29) is 0 Å². The van der Waals surface area contributed by atoms with E-state index >= 15 is 0 Å². The lowest BCUT2D eigenvalue weighted by molar-refractivity contribution is 0.427. The van der Waals surface area contributed by atoms with Gasteiger partial charge in [0, 0.05) is 18.9 Å². The highest BCUT2D eigenvalue weighted by molar-refractivity contribution is 7.98. The van der Waals surface area contributed by atoms with Crippen molar-refractivity contribution in [3.8, 4) is 22.0 Å². The molecule has 0 radical (unpaired) electrons. The Morgan fingerprint density at radius 1 is 1.29 bits per heavy atom. The van der Waals surface area contributed by atoms with E-state index < -0.39 is 0 Å². The molecule has 0 saturated carbocycles. The van der Waals surface area contributed by atoms with Crippen LogP contribution in [0.4, 0.5) is 0 Å². The summed E-state index contributed by atoms with van der Waals surface area (Å²) in [5, 5.41) is 15.5. The second-order valence-electron chi connectivity index (χ2n) is 5.20. The maximum atomic E-state index is 5.40. The first-order valence-corrected chi connectivity index (χ1v) is 9.15. The minimum atomic E-state index is 0.672. The minimum absolute atomic E-state index is 0.672. The Morgan fingerprint density at radius 3 is 2.96 bits per heavy atom. The third kappa shape index (κ3) is 2.78. The van der Waals surface area contributed by atoms with Gasteiger partial charge in [-0.15, -0.1) is 21.5 Å². The fraction of sp³-hybridized carbons (Fsp3) is 0.188. The van der Waals surface area contributed by atoms with E-state index in [1.54, 1.807) is 29.4 Å². The van der Waals surface area contributed by atoms with Gasteiger partial charge in [0.2, 0.25) is 0 Å². The van der Waals surface area contributed by atoms with Crippen LogP contribution in [0, 0.1) is 6.92 Å². The van der Waals surface area contributed by atoms with Gasteiger partial charge >= 0.3 is 0 Å². The average Bonchev–Trinajstić information content (AvgIpc) is 3.33. The second-order valence-corrected chi connectivity index (χ2v) is 7.09. The van der Waals surface area contributed by atoms with Crippen LogP contribution < -0.4 is 0 Å². The first kappa shape index (κ1) is 15.2. The maximum absolute atomic E-state index is 5.40. The lowest BCUT2D eigenvalue weighted by atomic mass is 10.2. The fourth-order valence-electron chi connectivity index (χ4n) is 2.35. The molecule has 0 aliphatic heterocycles. The molecular weight excluding hydrogens is 344 g/mol. The largest absolute Gasteiger partial charge is 0.469 e. The summed E-state index contributed by atoms with van der Waals surface area (Å²) in [5.74, 6) is 3.10. The highest BCUT2D eigenvalue weighted by Gasteiger charge is 2.15. The van der Waals surface area contributed by atoms with Crippen LogP contribution >= 0.6 is 23.1 Å². The molecule has 122 valence electrons. The van der Waals surface area contributed by atoms with Gasteiger partial charge in [-0.05, 0) is 24.4 Å². The van der Waals surface area contributed by atoms with Crippen LogP contribution in [0.5, 0.6) is 0 Å². The standard InChI is InChI=1S/C16H14N4O2S2/c1-10-12(5-6-21-10)15-17-18-16(20(15)2)24-9-11-8-13(22-19-11)14-4-3-7-23-14/h3-8H,9H2,1-2H3. The molecule has 24 heavy (non-hydrogen) atoms. The van der Waals surface area contributed by atoms with Gasteiger partial charge in [0.05, 0.1) is 22.4 Å². The summed E-state index contributed by atoms with van der Waals surface area (Å²) < 4.78 is 12.7. The van der Waals surface area contributed by atoms with E-state index in [1.165, 1.54) is 0 Å². The number of rotatable bonds is 5. The van der Waals surface area contributed by atoms with Gasteiger partial charge < -0.3 is 13.5 Å². The molecule has 4 aromatic rings. The summed E-state index contributed by atoms with van der Waals surface area (Å²) in [6.45, 7) is 1.92. The topological polar surface area (TPSA) is 69.9 Å². The molecule has 0 aromatic carbocycles. The van der Waals surface area contributed by atoms with E-state index in [0.29, 0.717) is 5.75 Å². The molecule has 0 bridgehead atoms. The van der Waals surface area contributed by atoms with Crippen LogP contribution in [0.2, 0.25) is 0 Å². The van der Waals surface area contributed by atoms with Crippen molar-refractivity contribution in [2.45, 2.75) is 17.8 Å². The maximum Gasteiger partial charge on any atom is 0.191 e. The number of nitrogens with zero attached hydrogens (tertiary/aromatic N) is 4. The first-order valence-electron chi connectivity index (χ1n) is 7.28. The molecule has 0 aliphatic rings. The van der Waals surface area contributed by atoms with Crippen molar-refractivity contribution in [2.24, 2.45) is 7.05 Å². The van der Waals surface area contributed by atoms with Gasteiger partial charge in [0.1, 0.15) is 5.76 Å². The van der Waals surface area contributed by atoms with Crippen molar-refractivity contribution in [2.75, 3.05) is 0 Å². The molecule has 0 saturated heterocycles. The van der Waals surface area contributed by atoms with Crippen molar-refractivity contribution in [3.63, 3.8) is 0 Å². The average molecular weight is 358 g/mol. The van der Waals surface area contributed by atoms with Gasteiger partial charge in [-0.1, -0.05) is 23.0 Å². The molecule has 4 rings (SSSR count). The normalized spacial score (nSPS) is 11.2. The lowest BCUT2D eigenvalue weighted by Gasteiger charge is -2.01. The molecule has 0 N–H and O–H groups in total. The Kier molecular flexibility index (Phi) is 3.99. The number of aryl methyl sites for hydroxylation is 1. The van der Waals surface area contributed by atoms with E-state index in [2.05, 4.69) is 15.4 Å². The van der Waals surface area contributed by atoms with Crippen LogP contribution in [-0.4, -0.2) is 19.9 Å². The van der Waals surface area contributed by atoms with Crippen LogP contribution in [0.15, 0.2) is 50.0 Å². The quantitative estimate of drug-likeness (QED) is 0.493. The minimum Gasteiger partial charge on any atom is -0.469 e. The van der Waals surface area contributed by atoms with Crippen LogP contribution in [0.25, 0.3) is 22.0 Å². The number of furan rings is 1. The Bertz CT molecular complexity index is 953. The smallest absolute Gasteiger partial charge is 0.191 e. The van der Waals surface area contributed by atoms with E-state index in [0.717, 1.165) is 38.6 Å². The van der Waals surface area contributed by atoms with Crippen molar-refractivity contribution in [1.29, 1.82) is 0 Å². The molecule has 0 spiro atoms. The fourth-order valence-corrected chi connectivity index (χ4v) is 3.81. The summed E-state index contributed by atoms with van der Waals surface area (Å²) >= 11 is 3.21. The van der Waals surface area contributed by atoms with Gasteiger partial charge in [0.25, 0.3) is 0 Å². The molecular formula is C16H14N4O2S2. The zero-order chi connectivity index (χ0) is 16.5. The Morgan fingerprint density at radius 2 is 2.21 bits per heavy atom. The SMILES string of the molecule is Cc1occc1-c1nnc(SCc2cc(-c3cccs3)on2)n1C. The molecule has 0 amide bonds. The highest BCUT2D eigenvalue weighted by atomic mass is 32.2. The summed E-state index contributed by atoms with van der Waals surface area (Å²) in [6.07, 6.45) is 1.66. The zero-order valence-corrected chi connectivity index (χ0v) is 14.7. The molecule has 8 heteroatoms. The molecule has 0 unspecified atom stereocenters. The Labute approximate surface area is 146 Å². The summed E-state index contributed by atoms with van der Waals surface area (Å²) in [4.78, 5) is 1.08. The van der Waals surface area contributed by atoms with E-state index in [9.17, 15) is 0 Å². The number of aromatic nitrogens is 4. The van der Waals surface area contributed by atoms with Gasteiger partial charge in [-0.3, -0.25) is 0 Å². The molecule has 4 heterocycles. The molecule has 0 fully saturated rings. The van der Waals surface area contributed by atoms with Crippen molar-refractivity contribution in [3.05, 3.63) is 47.4 Å². The predicted molar refractivity (Wildman–Crippen MR) is 92.8 cm³/mol. The van der Waals surface area contributed by atoms with Crippen molar-refractivity contribution < 1.29 is 8.94 Å². The summed E-state index contributed by atoms with van der Waals surface area (Å²) in [6, 6.07) is 7.88. The highest BCUT2D eigenvalue weighted by Crippen LogP contribution is 2.29. The van der Waals surface area contributed by atoms with Crippen LogP contribution in [0.1, 0.15) is 11.5 Å². The zero-order valence-electron chi connectivity index (χ0n) is 13.1. The van der Waals surface area contributed by atoms with E-state index in [4.69, 9.17) is 8.94 Å². The molecule has 0 atom stereocenters. The van der Waals surface area contributed by atoms with Crippen LogP contribution in [0.3, 0.4) is 0 Å². The van der Waals surface area contributed by atoms with Crippen LogP contribution in [-0.2, 0) is 12.8 Å². The number of hydrogen-bond acceptors (Lipinski definition) is 7. The second kappa shape index (κ2) is 6.29. The van der Waals surface area contributed by atoms with Crippen molar-refractivity contribution >= 4 is 23.1 Å². The first-order chi connectivity index (χ1) is 11.7. The summed E-state index contributed by atoms with van der Waals surface area (Å²) in [5.41, 5.74) is 1.84. The Hall–Kier alpha value is -2.32. The summed E-state index contributed by atoms with van der Waals surface area (Å²) in [7, 11) is 1.95.